The Balaban J connectivity index is 1.98. The lowest BCUT2D eigenvalue weighted by molar-refractivity contribution is -0.125. The molecule has 1 aliphatic rings. The zero-order chi connectivity index (χ0) is 18.7. The molecule has 1 amide bonds. The van der Waals surface area contributed by atoms with Crippen LogP contribution in [0.5, 0.6) is 0 Å². The van der Waals surface area contributed by atoms with E-state index in [9.17, 15) is 13.2 Å². The molecule has 8 heteroatoms. The zero-order valence-corrected chi connectivity index (χ0v) is 16.8. The molecule has 3 rings (SSSR count). The summed E-state index contributed by atoms with van der Waals surface area (Å²) in [6.07, 6.45) is 1.55. The van der Waals surface area contributed by atoms with E-state index in [-0.39, 0.29) is 22.5 Å². The van der Waals surface area contributed by atoms with Crippen LogP contribution >= 0.6 is 27.7 Å². The zero-order valence-electron chi connectivity index (χ0n) is 13.6. The van der Waals surface area contributed by atoms with Crippen molar-refractivity contribution in [3.8, 4) is 0 Å². The van der Waals surface area contributed by atoms with Crippen LogP contribution in [0.2, 0.25) is 0 Å². The van der Waals surface area contributed by atoms with Crippen LogP contribution in [0, 0.1) is 0 Å². The molecule has 0 spiro atoms. The van der Waals surface area contributed by atoms with Gasteiger partial charge >= 0.3 is 0 Å². The molecule has 1 unspecified atom stereocenters. The monoisotopic (exact) mass is 450 g/mol. The summed E-state index contributed by atoms with van der Waals surface area (Å²) in [7, 11) is -3.92. The third-order valence-corrected chi connectivity index (χ3v) is 6.83. The Kier molecular flexibility index (Phi) is 5.64. The summed E-state index contributed by atoms with van der Waals surface area (Å²) in [6, 6.07) is 15.4. The third kappa shape index (κ3) is 3.92. The second-order valence-corrected chi connectivity index (χ2v) is 9.04. The molecule has 134 valence electrons. The van der Waals surface area contributed by atoms with Gasteiger partial charge in [-0.2, -0.15) is 8.42 Å². The highest BCUT2D eigenvalue weighted by Gasteiger charge is 2.39. The molecule has 1 atom stereocenters. The molecule has 2 aromatic rings. The van der Waals surface area contributed by atoms with Crippen LogP contribution in [0.3, 0.4) is 0 Å². The van der Waals surface area contributed by atoms with Gasteiger partial charge in [0.25, 0.3) is 10.0 Å². The van der Waals surface area contributed by atoms with Crippen molar-refractivity contribution in [3.63, 3.8) is 0 Å². The Hall–Kier alpha value is -1.90. The number of hydrogen-bond acceptors (Lipinski definition) is 4. The van der Waals surface area contributed by atoms with Crippen LogP contribution in [-0.2, 0) is 14.8 Å². The summed E-state index contributed by atoms with van der Waals surface area (Å²) >= 11 is 4.41. The van der Waals surface area contributed by atoms with E-state index in [1.807, 2.05) is 30.3 Å². The molecular formula is C18H15BrN2O3S2. The molecule has 5 nitrogen and oxygen atoms in total. The average molecular weight is 451 g/mol. The normalized spacial score (nSPS) is 19.1. The van der Waals surface area contributed by atoms with Gasteiger partial charge < -0.3 is 0 Å². The van der Waals surface area contributed by atoms with Gasteiger partial charge in [-0.25, -0.2) is 0 Å². The van der Waals surface area contributed by atoms with Gasteiger partial charge in [0.15, 0.2) is 5.17 Å². The van der Waals surface area contributed by atoms with Gasteiger partial charge in [0.2, 0.25) is 5.91 Å². The summed E-state index contributed by atoms with van der Waals surface area (Å²) in [5.74, 6) is -0.203. The average Bonchev–Trinajstić information content (AvgIpc) is 2.92. The highest BCUT2D eigenvalue weighted by molar-refractivity contribution is 9.10. The van der Waals surface area contributed by atoms with Crippen LogP contribution in [0.15, 0.2) is 81.0 Å². The Morgan fingerprint density at radius 3 is 2.42 bits per heavy atom. The minimum Gasteiger partial charge on any atom is -0.285 e. The number of benzene rings is 2. The number of nitrogens with zero attached hydrogens (tertiary/aromatic N) is 2. The van der Waals surface area contributed by atoms with Crippen molar-refractivity contribution in [1.29, 1.82) is 0 Å². The molecule has 0 radical (unpaired) electrons. The minimum absolute atomic E-state index is 0.0722. The first-order chi connectivity index (χ1) is 12.4. The quantitative estimate of drug-likeness (QED) is 0.645. The molecule has 0 aromatic heterocycles. The van der Waals surface area contributed by atoms with Crippen LogP contribution < -0.4 is 0 Å². The first-order valence-electron chi connectivity index (χ1n) is 7.67. The Morgan fingerprint density at radius 1 is 1.15 bits per heavy atom. The van der Waals surface area contributed by atoms with E-state index < -0.39 is 15.3 Å². The number of halogens is 1. The van der Waals surface area contributed by atoms with Crippen LogP contribution in [0.25, 0.3) is 0 Å². The second-order valence-electron chi connectivity index (χ2n) is 5.45. The van der Waals surface area contributed by atoms with Gasteiger partial charge in [-0.1, -0.05) is 64.1 Å². The van der Waals surface area contributed by atoms with Crippen molar-refractivity contribution >= 4 is 48.8 Å². The molecule has 1 heterocycles. The fourth-order valence-electron chi connectivity index (χ4n) is 2.42. The first kappa shape index (κ1) is 18.9. The summed E-state index contributed by atoms with van der Waals surface area (Å²) in [4.78, 5) is 14.2. The van der Waals surface area contributed by atoms with Gasteiger partial charge in [0, 0.05) is 11.0 Å². The Labute approximate surface area is 165 Å². The molecule has 1 fully saturated rings. The minimum atomic E-state index is -3.92. The predicted molar refractivity (Wildman–Crippen MR) is 107 cm³/mol. The van der Waals surface area contributed by atoms with Crippen molar-refractivity contribution in [2.24, 2.45) is 4.40 Å². The lowest BCUT2D eigenvalue weighted by Crippen LogP contribution is -2.30. The molecule has 26 heavy (non-hydrogen) atoms. The topological polar surface area (TPSA) is 66.8 Å². The van der Waals surface area contributed by atoms with E-state index in [1.165, 1.54) is 17.0 Å². The number of sulfonamides is 1. The maximum atomic E-state index is 12.7. The number of rotatable bonds is 5. The van der Waals surface area contributed by atoms with Crippen molar-refractivity contribution in [1.82, 2.24) is 4.90 Å². The number of thioether (sulfide) groups is 1. The highest BCUT2D eigenvalue weighted by Crippen LogP contribution is 2.40. The van der Waals surface area contributed by atoms with E-state index >= 15 is 0 Å². The fraction of sp³-hybridized carbons (Fsp3) is 0.111. The van der Waals surface area contributed by atoms with Crippen LogP contribution in [0.1, 0.15) is 10.8 Å². The number of amidine groups is 1. The van der Waals surface area contributed by atoms with Gasteiger partial charge in [-0.3, -0.25) is 9.69 Å². The van der Waals surface area contributed by atoms with Crippen LogP contribution in [-0.4, -0.2) is 30.9 Å². The molecule has 0 N–H and O–H groups in total. The smallest absolute Gasteiger partial charge is 0.284 e. The molecule has 2 aromatic carbocycles. The Bertz CT molecular complexity index is 958. The van der Waals surface area contributed by atoms with Gasteiger partial charge in [0.05, 0.1) is 4.90 Å². The first-order valence-corrected chi connectivity index (χ1v) is 10.8. The lowest BCUT2D eigenvalue weighted by Gasteiger charge is -2.13. The number of carbonyl (C=O) groups is 1. The van der Waals surface area contributed by atoms with Crippen molar-refractivity contribution in [3.05, 3.63) is 77.3 Å². The Morgan fingerprint density at radius 2 is 1.81 bits per heavy atom. The summed E-state index contributed by atoms with van der Waals surface area (Å²) in [5.41, 5.74) is 0.808. The molecule has 0 saturated carbocycles. The van der Waals surface area contributed by atoms with E-state index in [4.69, 9.17) is 0 Å². The van der Waals surface area contributed by atoms with E-state index in [1.54, 1.807) is 18.2 Å². The second kappa shape index (κ2) is 7.77. The SMILES string of the molecule is C=CCN1C(=O)C(c2ccccc2)SC1=NS(=O)(=O)c1ccc(Br)cc1. The van der Waals surface area contributed by atoms with E-state index in [2.05, 4.69) is 26.9 Å². The van der Waals surface area contributed by atoms with Gasteiger partial charge in [-0.05, 0) is 29.8 Å². The highest BCUT2D eigenvalue weighted by atomic mass is 79.9. The number of carbonyl (C=O) groups excluding carboxylic acids is 1. The van der Waals surface area contributed by atoms with Crippen molar-refractivity contribution in [2.45, 2.75) is 10.1 Å². The van der Waals surface area contributed by atoms with Gasteiger partial charge in [0.1, 0.15) is 5.25 Å². The van der Waals surface area contributed by atoms with Crippen LogP contribution in [0.4, 0.5) is 0 Å². The molecule has 0 bridgehead atoms. The summed E-state index contributed by atoms with van der Waals surface area (Å²) < 4.78 is 29.9. The summed E-state index contributed by atoms with van der Waals surface area (Å²) in [6.45, 7) is 3.84. The maximum Gasteiger partial charge on any atom is 0.284 e. The molecular weight excluding hydrogens is 436 g/mol. The van der Waals surface area contributed by atoms with E-state index in [0.717, 1.165) is 21.8 Å². The molecule has 1 saturated heterocycles. The predicted octanol–water partition coefficient (Wildman–Crippen LogP) is 4.00. The largest absolute Gasteiger partial charge is 0.285 e. The van der Waals surface area contributed by atoms with E-state index in [0.29, 0.717) is 0 Å². The molecule has 1 aliphatic heterocycles. The number of amides is 1. The molecule has 0 aliphatic carbocycles. The van der Waals surface area contributed by atoms with Crippen molar-refractivity contribution in [2.75, 3.05) is 6.54 Å². The van der Waals surface area contributed by atoms with Crippen molar-refractivity contribution < 1.29 is 13.2 Å². The maximum absolute atomic E-state index is 12.7. The van der Waals surface area contributed by atoms with Gasteiger partial charge in [-0.15, -0.1) is 11.0 Å². The number of hydrogen-bond donors (Lipinski definition) is 0. The fourth-order valence-corrected chi connectivity index (χ4v) is 5.07. The summed E-state index contributed by atoms with van der Waals surface area (Å²) in [5, 5.41) is -0.360. The standard InChI is InChI=1S/C18H15BrN2O3S2/c1-2-12-21-17(22)16(13-6-4-3-5-7-13)25-18(21)20-26(23,24)15-10-8-14(19)9-11-15/h2-11,16H,1,12H2. The lowest BCUT2D eigenvalue weighted by atomic mass is 10.1. The third-order valence-electron chi connectivity index (χ3n) is 3.67.